The number of ether oxygens (including phenoxy) is 2. The standard InChI is InChI=1S/C20H16FN5O3/c21-15-4-1-12(2-5-15)19-14(9-23-25-19)8-22-10-18-24-20(29-26-18)13-3-6-16-17(7-13)28-11-27-16/h1-7,9,22H,8,10-11H2,(H,23,25). The van der Waals surface area contributed by atoms with Crippen molar-refractivity contribution in [2.24, 2.45) is 0 Å². The van der Waals surface area contributed by atoms with Crippen molar-refractivity contribution in [2.75, 3.05) is 6.79 Å². The van der Waals surface area contributed by atoms with Crippen molar-refractivity contribution < 1.29 is 18.4 Å². The van der Waals surface area contributed by atoms with Crippen molar-refractivity contribution in [3.8, 4) is 34.2 Å². The lowest BCUT2D eigenvalue weighted by Crippen LogP contribution is -2.13. The normalized spacial score (nSPS) is 12.4. The third kappa shape index (κ3) is 3.55. The molecule has 0 aliphatic carbocycles. The number of aromatic amines is 1. The van der Waals surface area contributed by atoms with Crippen LogP contribution < -0.4 is 14.8 Å². The fraction of sp³-hybridized carbons (Fsp3) is 0.150. The number of nitrogens with zero attached hydrogens (tertiary/aromatic N) is 3. The molecule has 2 aromatic carbocycles. The van der Waals surface area contributed by atoms with Crippen LogP contribution in [0.15, 0.2) is 53.2 Å². The highest BCUT2D eigenvalue weighted by atomic mass is 19.1. The zero-order valence-corrected chi connectivity index (χ0v) is 15.2. The molecule has 0 fully saturated rings. The van der Waals surface area contributed by atoms with Crippen molar-refractivity contribution in [1.82, 2.24) is 25.7 Å². The van der Waals surface area contributed by atoms with Crippen molar-refractivity contribution in [3.05, 3.63) is 65.9 Å². The van der Waals surface area contributed by atoms with E-state index in [4.69, 9.17) is 14.0 Å². The topological polar surface area (TPSA) is 98.1 Å². The zero-order chi connectivity index (χ0) is 19.6. The predicted octanol–water partition coefficient (Wildman–Crippen LogP) is 3.28. The van der Waals surface area contributed by atoms with Crippen molar-refractivity contribution in [3.63, 3.8) is 0 Å². The quantitative estimate of drug-likeness (QED) is 0.519. The molecule has 2 N–H and O–H groups in total. The summed E-state index contributed by atoms with van der Waals surface area (Å²) in [5.74, 6) is 2.03. The second-order valence-corrected chi connectivity index (χ2v) is 6.46. The van der Waals surface area contributed by atoms with Gasteiger partial charge in [-0.3, -0.25) is 5.10 Å². The van der Waals surface area contributed by atoms with E-state index >= 15 is 0 Å². The highest BCUT2D eigenvalue weighted by Gasteiger charge is 2.17. The van der Waals surface area contributed by atoms with E-state index in [1.54, 1.807) is 18.3 Å². The first-order valence-electron chi connectivity index (χ1n) is 8.98. The van der Waals surface area contributed by atoms with Crippen LogP contribution in [-0.2, 0) is 13.1 Å². The number of nitrogens with one attached hydrogen (secondary N) is 2. The molecule has 1 aliphatic rings. The van der Waals surface area contributed by atoms with Gasteiger partial charge in [-0.25, -0.2) is 4.39 Å². The van der Waals surface area contributed by atoms with Crippen molar-refractivity contribution >= 4 is 0 Å². The highest BCUT2D eigenvalue weighted by molar-refractivity contribution is 5.62. The third-order valence-electron chi connectivity index (χ3n) is 4.54. The number of hydrogen-bond donors (Lipinski definition) is 2. The van der Waals surface area contributed by atoms with Crippen LogP contribution in [-0.4, -0.2) is 27.1 Å². The van der Waals surface area contributed by atoms with Gasteiger partial charge in [0.25, 0.3) is 5.89 Å². The van der Waals surface area contributed by atoms with E-state index in [1.807, 2.05) is 18.2 Å². The lowest BCUT2D eigenvalue weighted by atomic mass is 10.1. The first kappa shape index (κ1) is 17.4. The van der Waals surface area contributed by atoms with Gasteiger partial charge >= 0.3 is 0 Å². The molecule has 0 saturated heterocycles. The van der Waals surface area contributed by atoms with Crippen LogP contribution in [0.3, 0.4) is 0 Å². The lowest BCUT2D eigenvalue weighted by Gasteiger charge is -2.04. The van der Waals surface area contributed by atoms with Gasteiger partial charge in [0.1, 0.15) is 5.82 Å². The summed E-state index contributed by atoms with van der Waals surface area (Å²) in [6, 6.07) is 11.7. The second kappa shape index (κ2) is 7.36. The van der Waals surface area contributed by atoms with E-state index in [9.17, 15) is 4.39 Å². The van der Waals surface area contributed by atoms with Crippen LogP contribution in [0.2, 0.25) is 0 Å². The fourth-order valence-electron chi connectivity index (χ4n) is 3.09. The minimum absolute atomic E-state index is 0.214. The fourth-order valence-corrected chi connectivity index (χ4v) is 3.09. The Bertz CT molecular complexity index is 1140. The molecule has 0 bridgehead atoms. The Morgan fingerprint density at radius 1 is 1.00 bits per heavy atom. The molecule has 0 atom stereocenters. The number of fused-ring (bicyclic) bond motifs is 1. The van der Waals surface area contributed by atoms with Gasteiger partial charge in [0.2, 0.25) is 6.79 Å². The molecule has 2 aromatic heterocycles. The summed E-state index contributed by atoms with van der Waals surface area (Å²) in [7, 11) is 0. The number of rotatable bonds is 6. The van der Waals surface area contributed by atoms with Gasteiger partial charge in [-0.05, 0) is 42.5 Å². The molecule has 1 aliphatic heterocycles. The average Bonchev–Trinajstić information content (AvgIpc) is 3.49. The number of H-pyrrole nitrogens is 1. The van der Waals surface area contributed by atoms with Crippen LogP contribution in [0.25, 0.3) is 22.7 Å². The summed E-state index contributed by atoms with van der Waals surface area (Å²) in [5.41, 5.74) is 3.43. The molecule has 0 unspecified atom stereocenters. The van der Waals surface area contributed by atoms with Gasteiger partial charge in [-0.2, -0.15) is 10.1 Å². The Morgan fingerprint density at radius 2 is 1.83 bits per heavy atom. The molecular weight excluding hydrogens is 377 g/mol. The van der Waals surface area contributed by atoms with Crippen LogP contribution in [0.1, 0.15) is 11.4 Å². The summed E-state index contributed by atoms with van der Waals surface area (Å²) in [4.78, 5) is 4.41. The minimum atomic E-state index is -0.275. The van der Waals surface area contributed by atoms with E-state index in [0.29, 0.717) is 36.3 Å². The Kier molecular flexibility index (Phi) is 4.41. The molecule has 0 saturated carbocycles. The summed E-state index contributed by atoms with van der Waals surface area (Å²) in [5, 5.41) is 14.3. The molecular formula is C20H16FN5O3. The molecule has 0 spiro atoms. The molecule has 8 nitrogen and oxygen atoms in total. The molecule has 3 heterocycles. The van der Waals surface area contributed by atoms with Gasteiger partial charge in [0, 0.05) is 23.2 Å². The predicted molar refractivity (Wildman–Crippen MR) is 100 cm³/mol. The van der Waals surface area contributed by atoms with E-state index in [1.165, 1.54) is 12.1 Å². The van der Waals surface area contributed by atoms with Gasteiger partial charge in [0.05, 0.1) is 18.4 Å². The zero-order valence-electron chi connectivity index (χ0n) is 15.2. The molecule has 29 heavy (non-hydrogen) atoms. The van der Waals surface area contributed by atoms with Crippen LogP contribution in [0, 0.1) is 5.82 Å². The van der Waals surface area contributed by atoms with Crippen LogP contribution >= 0.6 is 0 Å². The summed E-state index contributed by atoms with van der Waals surface area (Å²) in [6.45, 7) is 1.17. The van der Waals surface area contributed by atoms with E-state index in [2.05, 4.69) is 25.7 Å². The van der Waals surface area contributed by atoms with E-state index in [-0.39, 0.29) is 12.6 Å². The Balaban J connectivity index is 1.23. The van der Waals surface area contributed by atoms with E-state index < -0.39 is 0 Å². The number of hydrogen-bond acceptors (Lipinski definition) is 7. The number of benzene rings is 2. The molecule has 5 rings (SSSR count). The maximum absolute atomic E-state index is 13.1. The highest BCUT2D eigenvalue weighted by Crippen LogP contribution is 2.35. The van der Waals surface area contributed by atoms with Crippen LogP contribution in [0.5, 0.6) is 11.5 Å². The minimum Gasteiger partial charge on any atom is -0.454 e. The van der Waals surface area contributed by atoms with Gasteiger partial charge in [0.15, 0.2) is 17.3 Å². The van der Waals surface area contributed by atoms with Gasteiger partial charge in [-0.15, -0.1) is 0 Å². The molecule has 0 amide bonds. The average molecular weight is 393 g/mol. The molecule has 9 heteroatoms. The smallest absolute Gasteiger partial charge is 0.258 e. The maximum Gasteiger partial charge on any atom is 0.258 e. The van der Waals surface area contributed by atoms with Crippen molar-refractivity contribution in [1.29, 1.82) is 0 Å². The van der Waals surface area contributed by atoms with Crippen LogP contribution in [0.4, 0.5) is 4.39 Å². The first-order valence-corrected chi connectivity index (χ1v) is 8.98. The molecule has 146 valence electrons. The first-order chi connectivity index (χ1) is 14.3. The summed E-state index contributed by atoms with van der Waals surface area (Å²) >= 11 is 0. The third-order valence-corrected chi connectivity index (χ3v) is 4.54. The Hall–Kier alpha value is -3.72. The molecule has 0 radical (unpaired) electrons. The number of aromatic nitrogens is 4. The van der Waals surface area contributed by atoms with E-state index in [0.717, 1.165) is 22.4 Å². The number of halogens is 1. The van der Waals surface area contributed by atoms with Gasteiger partial charge < -0.3 is 19.3 Å². The van der Waals surface area contributed by atoms with Crippen molar-refractivity contribution in [2.45, 2.75) is 13.1 Å². The summed E-state index contributed by atoms with van der Waals surface area (Å²) < 4.78 is 29.2. The second-order valence-electron chi connectivity index (χ2n) is 6.46. The Morgan fingerprint density at radius 3 is 2.72 bits per heavy atom. The summed E-state index contributed by atoms with van der Waals surface area (Å²) in [6.07, 6.45) is 1.74. The lowest BCUT2D eigenvalue weighted by molar-refractivity contribution is 0.174. The monoisotopic (exact) mass is 393 g/mol. The largest absolute Gasteiger partial charge is 0.454 e. The maximum atomic E-state index is 13.1. The SMILES string of the molecule is Fc1ccc(-c2[nH]ncc2CNCc2noc(-c3ccc4c(c3)OCO4)n2)cc1. The van der Waals surface area contributed by atoms with Gasteiger partial charge in [-0.1, -0.05) is 5.16 Å². The Labute approximate surface area is 164 Å². The molecule has 4 aromatic rings.